The number of allylic oxidation sites excluding steroid dienone is 3. The van der Waals surface area contributed by atoms with Gasteiger partial charge in [-0.2, -0.15) is 0 Å². The van der Waals surface area contributed by atoms with E-state index in [1.54, 1.807) is 12.2 Å². The van der Waals surface area contributed by atoms with E-state index in [1.165, 1.54) is 6.08 Å². The lowest BCUT2D eigenvalue weighted by molar-refractivity contribution is -0.142. The zero-order chi connectivity index (χ0) is 10.3. The van der Waals surface area contributed by atoms with Crippen molar-refractivity contribution < 1.29 is 9.53 Å². The van der Waals surface area contributed by atoms with Gasteiger partial charge in [0.25, 0.3) is 0 Å². The summed E-state index contributed by atoms with van der Waals surface area (Å²) in [5.41, 5.74) is 0.479. The molecule has 2 heteroatoms. The molecule has 0 aliphatic heterocycles. The normalized spacial score (nSPS) is 12.2. The van der Waals surface area contributed by atoms with Crippen molar-refractivity contribution >= 4 is 5.97 Å². The molecular weight excluding hydrogens is 164 g/mol. The molecule has 0 atom stereocenters. The van der Waals surface area contributed by atoms with Gasteiger partial charge in [-0.1, -0.05) is 24.8 Å². The van der Waals surface area contributed by atoms with Crippen molar-refractivity contribution in [3.63, 3.8) is 0 Å². The summed E-state index contributed by atoms with van der Waals surface area (Å²) in [6.07, 6.45) is 6.69. The smallest absolute Gasteiger partial charge is 0.338 e. The Morgan fingerprint density at radius 1 is 1.46 bits per heavy atom. The number of carbonyl (C=O) groups excluding carboxylic acids is 1. The number of rotatable bonds is 4. The van der Waals surface area contributed by atoms with Crippen LogP contribution >= 0.6 is 0 Å². The fourth-order valence-corrected chi connectivity index (χ4v) is 0.701. The van der Waals surface area contributed by atoms with Crippen LogP contribution in [0.4, 0.5) is 0 Å². The van der Waals surface area contributed by atoms with Gasteiger partial charge in [-0.25, -0.2) is 4.79 Å². The van der Waals surface area contributed by atoms with E-state index in [1.807, 2.05) is 26.8 Å². The molecule has 0 unspecified atom stereocenters. The van der Waals surface area contributed by atoms with Crippen LogP contribution in [0.5, 0.6) is 0 Å². The largest absolute Gasteiger partial charge is 0.459 e. The summed E-state index contributed by atoms with van der Waals surface area (Å²) < 4.78 is 4.99. The number of hydrogen-bond acceptors (Lipinski definition) is 2. The molecule has 0 aliphatic rings. The van der Waals surface area contributed by atoms with Crippen LogP contribution in [0, 0.1) is 0 Å². The molecule has 0 aromatic carbocycles. The number of carbonyl (C=O) groups is 1. The molecule has 0 heterocycles. The molecule has 13 heavy (non-hydrogen) atoms. The first kappa shape index (κ1) is 11.7. The van der Waals surface area contributed by atoms with E-state index in [0.29, 0.717) is 5.57 Å². The lowest BCUT2D eigenvalue weighted by Crippen LogP contribution is -2.12. The lowest BCUT2D eigenvalue weighted by atomic mass is 10.2. The van der Waals surface area contributed by atoms with Gasteiger partial charge < -0.3 is 4.74 Å². The molecular formula is C11H16O2. The van der Waals surface area contributed by atoms with Crippen molar-refractivity contribution in [2.45, 2.75) is 26.9 Å². The molecule has 72 valence electrons. The highest BCUT2D eigenvalue weighted by Gasteiger charge is 2.07. The Balaban J connectivity index is 4.40. The Morgan fingerprint density at radius 2 is 2.08 bits per heavy atom. The first-order valence-corrected chi connectivity index (χ1v) is 4.28. The van der Waals surface area contributed by atoms with Gasteiger partial charge in [0, 0.05) is 0 Å². The van der Waals surface area contributed by atoms with Gasteiger partial charge in [0.15, 0.2) is 0 Å². The molecule has 0 spiro atoms. The third-order valence-corrected chi connectivity index (χ3v) is 1.27. The van der Waals surface area contributed by atoms with E-state index >= 15 is 0 Å². The van der Waals surface area contributed by atoms with Crippen molar-refractivity contribution in [1.82, 2.24) is 0 Å². The highest BCUT2D eigenvalue weighted by molar-refractivity contribution is 5.91. The molecule has 0 saturated heterocycles. The van der Waals surface area contributed by atoms with Crippen LogP contribution < -0.4 is 0 Å². The Labute approximate surface area is 79.6 Å². The molecule has 0 radical (unpaired) electrons. The SMILES string of the molecule is C=C/C(=C\C=C/C)C(=O)OC(C)C. The molecule has 0 rings (SSSR count). The van der Waals surface area contributed by atoms with Gasteiger partial charge in [0.05, 0.1) is 11.7 Å². The quantitative estimate of drug-likeness (QED) is 0.377. The zero-order valence-corrected chi connectivity index (χ0v) is 8.41. The van der Waals surface area contributed by atoms with E-state index < -0.39 is 0 Å². The summed E-state index contributed by atoms with van der Waals surface area (Å²) in [6.45, 7) is 9.05. The summed E-state index contributed by atoms with van der Waals surface area (Å²) in [5.74, 6) is -0.330. The molecule has 0 saturated carbocycles. The maximum Gasteiger partial charge on any atom is 0.338 e. The minimum atomic E-state index is -0.330. The first-order valence-electron chi connectivity index (χ1n) is 4.28. The summed E-state index contributed by atoms with van der Waals surface area (Å²) >= 11 is 0. The second-order valence-electron chi connectivity index (χ2n) is 2.81. The van der Waals surface area contributed by atoms with Gasteiger partial charge in [0.1, 0.15) is 0 Å². The molecule has 0 fully saturated rings. The van der Waals surface area contributed by atoms with E-state index in [4.69, 9.17) is 4.74 Å². The predicted molar refractivity (Wildman–Crippen MR) is 54.3 cm³/mol. The van der Waals surface area contributed by atoms with E-state index in [2.05, 4.69) is 6.58 Å². The van der Waals surface area contributed by atoms with Gasteiger partial charge in [-0.15, -0.1) is 0 Å². The Bertz CT molecular complexity index is 234. The Morgan fingerprint density at radius 3 is 2.46 bits per heavy atom. The second kappa shape index (κ2) is 6.23. The van der Waals surface area contributed by atoms with Crippen molar-refractivity contribution in [2.24, 2.45) is 0 Å². The molecule has 0 aromatic rings. The lowest BCUT2D eigenvalue weighted by Gasteiger charge is -2.07. The molecule has 0 N–H and O–H groups in total. The fraction of sp³-hybridized carbons (Fsp3) is 0.364. The third-order valence-electron chi connectivity index (χ3n) is 1.27. The van der Waals surface area contributed by atoms with E-state index in [-0.39, 0.29) is 12.1 Å². The summed E-state index contributed by atoms with van der Waals surface area (Å²) in [6, 6.07) is 0. The molecule has 0 bridgehead atoms. The molecule has 0 aliphatic carbocycles. The first-order chi connectivity index (χ1) is 6.11. The van der Waals surface area contributed by atoms with Gasteiger partial charge in [-0.05, 0) is 26.8 Å². The minimum absolute atomic E-state index is 0.0959. The van der Waals surface area contributed by atoms with Crippen LogP contribution in [0.2, 0.25) is 0 Å². The number of hydrogen-bond donors (Lipinski definition) is 0. The highest BCUT2D eigenvalue weighted by Crippen LogP contribution is 2.02. The van der Waals surface area contributed by atoms with Gasteiger partial charge in [0.2, 0.25) is 0 Å². The average molecular weight is 180 g/mol. The molecule has 2 nitrogen and oxygen atoms in total. The van der Waals surface area contributed by atoms with Gasteiger partial charge in [-0.3, -0.25) is 0 Å². The Hall–Kier alpha value is -1.31. The third kappa shape index (κ3) is 5.01. The maximum atomic E-state index is 11.3. The van der Waals surface area contributed by atoms with Crippen LogP contribution in [-0.2, 0) is 9.53 Å². The van der Waals surface area contributed by atoms with E-state index in [9.17, 15) is 4.79 Å². The van der Waals surface area contributed by atoms with Crippen molar-refractivity contribution in [1.29, 1.82) is 0 Å². The zero-order valence-electron chi connectivity index (χ0n) is 8.41. The Kier molecular flexibility index (Phi) is 5.60. The monoisotopic (exact) mass is 180 g/mol. The number of ether oxygens (including phenoxy) is 1. The maximum absolute atomic E-state index is 11.3. The minimum Gasteiger partial charge on any atom is -0.459 e. The standard InChI is InChI=1S/C11H16O2/c1-5-7-8-10(6-2)11(12)13-9(3)4/h5-9H,2H2,1,3-4H3/b7-5-,10-8+. The summed E-state index contributed by atoms with van der Waals surface area (Å²) in [5, 5.41) is 0. The van der Waals surface area contributed by atoms with Crippen LogP contribution in [0.1, 0.15) is 20.8 Å². The molecule has 0 amide bonds. The van der Waals surface area contributed by atoms with Crippen molar-refractivity contribution in [3.8, 4) is 0 Å². The summed E-state index contributed by atoms with van der Waals surface area (Å²) in [7, 11) is 0. The van der Waals surface area contributed by atoms with Crippen molar-refractivity contribution in [3.05, 3.63) is 36.5 Å². The van der Waals surface area contributed by atoms with Crippen LogP contribution in [0.25, 0.3) is 0 Å². The van der Waals surface area contributed by atoms with Crippen molar-refractivity contribution in [2.75, 3.05) is 0 Å². The average Bonchev–Trinajstić information content (AvgIpc) is 2.04. The topological polar surface area (TPSA) is 26.3 Å². The van der Waals surface area contributed by atoms with Crippen LogP contribution in [-0.4, -0.2) is 12.1 Å². The van der Waals surface area contributed by atoms with Gasteiger partial charge >= 0.3 is 5.97 Å². The second-order valence-corrected chi connectivity index (χ2v) is 2.81. The fourth-order valence-electron chi connectivity index (χ4n) is 0.701. The highest BCUT2D eigenvalue weighted by atomic mass is 16.5. The summed E-state index contributed by atoms with van der Waals surface area (Å²) in [4.78, 5) is 11.3. The van der Waals surface area contributed by atoms with Crippen LogP contribution in [0.15, 0.2) is 36.5 Å². The predicted octanol–water partition coefficient (Wildman–Crippen LogP) is 2.63. The van der Waals surface area contributed by atoms with E-state index in [0.717, 1.165) is 0 Å². The van der Waals surface area contributed by atoms with Crippen LogP contribution in [0.3, 0.4) is 0 Å². The number of esters is 1. The molecule has 0 aromatic heterocycles.